The van der Waals surface area contributed by atoms with Crippen molar-refractivity contribution in [2.45, 2.75) is 24.3 Å². The van der Waals surface area contributed by atoms with E-state index < -0.39 is 10.0 Å². The van der Waals surface area contributed by atoms with Gasteiger partial charge in [0.2, 0.25) is 10.0 Å². The standard InChI is InChI=1S/C27H38Cl2N4O6S/c1-3-30-27(34)31-8-10-37-12-14-39-15-13-38-11-9-32-40(35,36)22-6-4-20(5-7-22)24-18-33(2)19-25-23(24)16-21(28)17-26(25)29/h4-7,16-17,24,32H,3,8-15,18-19H2,1-2H3,(H2,30,31,34)/t24-/m0/s1. The van der Waals surface area contributed by atoms with Crippen LogP contribution >= 0.6 is 23.2 Å². The maximum absolute atomic E-state index is 12.7. The Hall–Kier alpha value is -1.96. The Labute approximate surface area is 246 Å². The largest absolute Gasteiger partial charge is 0.378 e. The fraction of sp³-hybridized carbons (Fsp3) is 0.519. The number of sulfonamides is 1. The number of urea groups is 1. The van der Waals surface area contributed by atoms with Gasteiger partial charge in [0.05, 0.1) is 44.5 Å². The zero-order valence-corrected chi connectivity index (χ0v) is 25.2. The highest BCUT2D eigenvalue weighted by Gasteiger charge is 2.27. The molecule has 0 aromatic heterocycles. The van der Waals surface area contributed by atoms with Crippen LogP contribution in [0, 0.1) is 0 Å². The molecular formula is C27H38Cl2N4O6S. The summed E-state index contributed by atoms with van der Waals surface area (Å²) in [5, 5.41) is 6.53. The van der Waals surface area contributed by atoms with Crippen LogP contribution in [-0.4, -0.2) is 92.2 Å². The predicted octanol–water partition coefficient (Wildman–Crippen LogP) is 3.22. The summed E-state index contributed by atoms with van der Waals surface area (Å²) in [6.07, 6.45) is 0. The maximum atomic E-state index is 12.7. The molecule has 2 aromatic rings. The molecule has 1 aliphatic rings. The van der Waals surface area contributed by atoms with E-state index in [0.29, 0.717) is 56.2 Å². The minimum absolute atomic E-state index is 0.0348. The van der Waals surface area contributed by atoms with Crippen LogP contribution in [0.25, 0.3) is 0 Å². The van der Waals surface area contributed by atoms with E-state index in [4.69, 9.17) is 37.4 Å². The Morgan fingerprint density at radius 3 is 2.23 bits per heavy atom. The molecule has 1 atom stereocenters. The number of likely N-dealkylation sites (N-methyl/N-ethyl adjacent to an activating group) is 1. The lowest BCUT2D eigenvalue weighted by atomic mass is 9.85. The lowest BCUT2D eigenvalue weighted by Gasteiger charge is -2.33. The lowest BCUT2D eigenvalue weighted by Crippen LogP contribution is -2.37. The predicted molar refractivity (Wildman–Crippen MR) is 156 cm³/mol. The molecule has 3 N–H and O–H groups in total. The maximum Gasteiger partial charge on any atom is 0.314 e. The smallest absolute Gasteiger partial charge is 0.314 e. The SMILES string of the molecule is CCNC(=O)NCCOCCOCCOCCNS(=O)(=O)c1ccc([C@@H]2CN(C)Cc3c(Cl)cc(Cl)cc32)cc1. The van der Waals surface area contributed by atoms with E-state index in [1.807, 2.05) is 32.2 Å². The van der Waals surface area contributed by atoms with Crippen LogP contribution in [0.3, 0.4) is 0 Å². The van der Waals surface area contributed by atoms with Crippen molar-refractivity contribution in [3.63, 3.8) is 0 Å². The number of ether oxygens (including phenoxy) is 3. The fourth-order valence-electron chi connectivity index (χ4n) is 4.34. The lowest BCUT2D eigenvalue weighted by molar-refractivity contribution is 0.0165. The van der Waals surface area contributed by atoms with Crippen molar-refractivity contribution >= 4 is 39.3 Å². The van der Waals surface area contributed by atoms with E-state index >= 15 is 0 Å². The summed E-state index contributed by atoms with van der Waals surface area (Å²) >= 11 is 12.7. The average molecular weight is 618 g/mol. The number of carbonyl (C=O) groups excluding carboxylic acids is 1. The highest BCUT2D eigenvalue weighted by atomic mass is 35.5. The van der Waals surface area contributed by atoms with Gasteiger partial charge in [-0.1, -0.05) is 35.3 Å². The second-order valence-corrected chi connectivity index (χ2v) is 11.9. The number of carbonyl (C=O) groups is 1. The number of fused-ring (bicyclic) bond motifs is 1. The quantitative estimate of drug-likeness (QED) is 0.248. The molecule has 0 saturated carbocycles. The third-order valence-electron chi connectivity index (χ3n) is 6.24. The highest BCUT2D eigenvalue weighted by Crippen LogP contribution is 2.38. The minimum atomic E-state index is -3.67. The van der Waals surface area contributed by atoms with E-state index in [0.717, 1.165) is 29.8 Å². The summed E-state index contributed by atoms with van der Waals surface area (Å²) in [5.41, 5.74) is 3.11. The number of hydrogen-bond donors (Lipinski definition) is 3. The Balaban J connectivity index is 1.34. The minimum Gasteiger partial charge on any atom is -0.378 e. The summed E-state index contributed by atoms with van der Waals surface area (Å²) in [5.74, 6) is 0.0348. The number of amides is 2. The number of hydrogen-bond acceptors (Lipinski definition) is 7. The van der Waals surface area contributed by atoms with Gasteiger partial charge in [-0.25, -0.2) is 17.9 Å². The number of rotatable bonds is 16. The summed E-state index contributed by atoms with van der Waals surface area (Å²) in [6.45, 7) is 6.62. The number of benzene rings is 2. The van der Waals surface area contributed by atoms with Gasteiger partial charge in [0.1, 0.15) is 0 Å². The third-order valence-corrected chi connectivity index (χ3v) is 8.27. The molecule has 0 spiro atoms. The second kappa shape index (κ2) is 16.5. The Bertz CT molecular complexity index is 1200. The van der Waals surface area contributed by atoms with Gasteiger partial charge in [-0.05, 0) is 54.9 Å². The van der Waals surface area contributed by atoms with Crippen molar-refractivity contribution in [3.05, 3.63) is 63.1 Å². The molecule has 0 unspecified atom stereocenters. The van der Waals surface area contributed by atoms with Crippen LogP contribution in [-0.2, 0) is 30.8 Å². The van der Waals surface area contributed by atoms with E-state index in [2.05, 4.69) is 20.3 Å². The molecule has 0 saturated heterocycles. The Kier molecular flexibility index (Phi) is 13.4. The van der Waals surface area contributed by atoms with Crippen LogP contribution in [0.1, 0.15) is 29.5 Å². The number of nitrogens with zero attached hydrogens (tertiary/aromatic N) is 1. The fourth-order valence-corrected chi connectivity index (χ4v) is 5.93. The van der Waals surface area contributed by atoms with E-state index in [1.54, 1.807) is 18.2 Å². The van der Waals surface area contributed by atoms with Crippen molar-refractivity contribution in [1.29, 1.82) is 0 Å². The molecule has 0 aliphatic carbocycles. The Morgan fingerprint density at radius 2 is 1.57 bits per heavy atom. The van der Waals surface area contributed by atoms with Gasteiger partial charge in [-0.3, -0.25) is 0 Å². The van der Waals surface area contributed by atoms with Gasteiger partial charge in [0.25, 0.3) is 0 Å². The monoisotopic (exact) mass is 616 g/mol. The number of nitrogens with one attached hydrogen (secondary N) is 3. The zero-order valence-electron chi connectivity index (χ0n) is 22.9. The zero-order chi connectivity index (χ0) is 29.0. The molecule has 0 bridgehead atoms. The van der Waals surface area contributed by atoms with Crippen molar-refractivity contribution in [3.8, 4) is 0 Å². The number of halogens is 2. The topological polar surface area (TPSA) is 118 Å². The molecular weight excluding hydrogens is 579 g/mol. The van der Waals surface area contributed by atoms with Crippen LogP contribution in [0.4, 0.5) is 4.79 Å². The summed E-state index contributed by atoms with van der Waals surface area (Å²) in [6, 6.07) is 10.4. The van der Waals surface area contributed by atoms with Gasteiger partial charge < -0.3 is 29.7 Å². The van der Waals surface area contributed by atoms with Gasteiger partial charge >= 0.3 is 6.03 Å². The summed E-state index contributed by atoms with van der Waals surface area (Å²) in [7, 11) is -1.64. The molecule has 1 heterocycles. The third kappa shape index (κ3) is 10.1. The van der Waals surface area contributed by atoms with Gasteiger partial charge in [0, 0.05) is 48.7 Å². The van der Waals surface area contributed by atoms with Crippen LogP contribution in [0.2, 0.25) is 10.0 Å². The summed E-state index contributed by atoms with van der Waals surface area (Å²) < 4.78 is 44.3. The normalized spacial score (nSPS) is 15.6. The molecule has 2 aromatic carbocycles. The molecule has 10 nitrogen and oxygen atoms in total. The highest BCUT2D eigenvalue weighted by molar-refractivity contribution is 7.89. The van der Waals surface area contributed by atoms with Crippen LogP contribution in [0.15, 0.2) is 41.3 Å². The first-order chi connectivity index (χ1) is 19.2. The van der Waals surface area contributed by atoms with Crippen molar-refractivity contribution in [1.82, 2.24) is 20.3 Å². The first-order valence-electron chi connectivity index (χ1n) is 13.2. The molecule has 222 valence electrons. The molecule has 40 heavy (non-hydrogen) atoms. The van der Waals surface area contributed by atoms with Crippen molar-refractivity contribution in [2.75, 3.05) is 72.9 Å². The van der Waals surface area contributed by atoms with Crippen molar-refractivity contribution in [2.24, 2.45) is 0 Å². The molecule has 2 amide bonds. The van der Waals surface area contributed by atoms with Gasteiger partial charge in [-0.2, -0.15) is 0 Å². The van der Waals surface area contributed by atoms with Crippen molar-refractivity contribution < 1.29 is 27.4 Å². The molecule has 0 fully saturated rings. The van der Waals surface area contributed by atoms with Crippen LogP contribution in [0.5, 0.6) is 0 Å². The summed E-state index contributed by atoms with van der Waals surface area (Å²) in [4.78, 5) is 13.6. The molecule has 13 heteroatoms. The molecule has 3 rings (SSSR count). The second-order valence-electron chi connectivity index (χ2n) is 9.29. The van der Waals surface area contributed by atoms with E-state index in [-0.39, 0.29) is 30.0 Å². The Morgan fingerprint density at radius 1 is 0.950 bits per heavy atom. The van der Waals surface area contributed by atoms with E-state index in [9.17, 15) is 13.2 Å². The van der Waals surface area contributed by atoms with Gasteiger partial charge in [0.15, 0.2) is 0 Å². The van der Waals surface area contributed by atoms with E-state index in [1.165, 1.54) is 0 Å². The van der Waals surface area contributed by atoms with Gasteiger partial charge in [-0.15, -0.1) is 0 Å². The first-order valence-corrected chi connectivity index (χ1v) is 15.5. The molecule has 0 radical (unpaired) electrons. The first kappa shape index (κ1) is 32.6. The van der Waals surface area contributed by atoms with Crippen LogP contribution < -0.4 is 15.4 Å². The average Bonchev–Trinajstić information content (AvgIpc) is 2.91. The molecule has 1 aliphatic heterocycles.